The summed E-state index contributed by atoms with van der Waals surface area (Å²) >= 11 is 0. The van der Waals surface area contributed by atoms with Crippen LogP contribution in [-0.4, -0.2) is 26.3 Å². The molecule has 0 aliphatic carbocycles. The Morgan fingerprint density at radius 2 is 1.86 bits per heavy atom. The molecule has 0 unspecified atom stereocenters. The van der Waals surface area contributed by atoms with Crippen LogP contribution in [-0.2, 0) is 6.54 Å². The first kappa shape index (κ1) is 15.4. The summed E-state index contributed by atoms with van der Waals surface area (Å²) < 4.78 is 7.41. The summed E-state index contributed by atoms with van der Waals surface area (Å²) in [7, 11) is 0. The van der Waals surface area contributed by atoms with Gasteiger partial charge in [-0.2, -0.15) is 5.10 Å². The Kier molecular flexibility index (Phi) is 5.27. The highest BCUT2D eigenvalue weighted by atomic mass is 16.5. The average Bonchev–Trinajstić information content (AvgIpc) is 2.89. The SMILES string of the molecule is CC(C)CNCc1cnc(Oc2cnn(C(C)C)c2)nc1. The number of hydrogen-bond acceptors (Lipinski definition) is 5. The van der Waals surface area contributed by atoms with Crippen molar-refractivity contribution >= 4 is 0 Å². The fourth-order valence-electron chi connectivity index (χ4n) is 1.75. The minimum atomic E-state index is 0.303. The van der Waals surface area contributed by atoms with Gasteiger partial charge >= 0.3 is 6.01 Å². The van der Waals surface area contributed by atoms with E-state index in [1.165, 1.54) is 0 Å². The number of rotatable bonds is 7. The van der Waals surface area contributed by atoms with Crippen molar-refractivity contribution in [2.75, 3.05) is 6.54 Å². The highest BCUT2D eigenvalue weighted by Gasteiger charge is 2.05. The van der Waals surface area contributed by atoms with Gasteiger partial charge in [0, 0.05) is 30.5 Å². The van der Waals surface area contributed by atoms with Crippen molar-refractivity contribution in [2.45, 2.75) is 40.3 Å². The second-order valence-corrected chi connectivity index (χ2v) is 5.75. The van der Waals surface area contributed by atoms with Crippen LogP contribution in [0.1, 0.15) is 39.3 Å². The van der Waals surface area contributed by atoms with Crippen LogP contribution in [0.25, 0.3) is 0 Å². The van der Waals surface area contributed by atoms with Crippen molar-refractivity contribution in [2.24, 2.45) is 5.92 Å². The fraction of sp³-hybridized carbons (Fsp3) is 0.533. The first-order valence-corrected chi connectivity index (χ1v) is 7.28. The monoisotopic (exact) mass is 289 g/mol. The summed E-state index contributed by atoms with van der Waals surface area (Å²) in [4.78, 5) is 8.43. The maximum absolute atomic E-state index is 5.58. The Morgan fingerprint density at radius 3 is 2.43 bits per heavy atom. The smallest absolute Gasteiger partial charge is 0.321 e. The molecule has 0 spiro atoms. The van der Waals surface area contributed by atoms with E-state index in [2.05, 4.69) is 48.1 Å². The van der Waals surface area contributed by atoms with Gasteiger partial charge in [-0.3, -0.25) is 4.68 Å². The minimum Gasteiger partial charge on any atom is -0.421 e. The molecule has 6 heteroatoms. The number of hydrogen-bond donors (Lipinski definition) is 1. The normalized spacial score (nSPS) is 11.3. The molecule has 0 aromatic carbocycles. The Balaban J connectivity index is 1.89. The summed E-state index contributed by atoms with van der Waals surface area (Å²) in [6.45, 7) is 10.2. The molecule has 0 atom stereocenters. The topological polar surface area (TPSA) is 64.9 Å². The lowest BCUT2D eigenvalue weighted by molar-refractivity contribution is 0.437. The standard InChI is InChI=1S/C15H23N5O/c1-11(2)5-16-6-13-7-17-15(18-8-13)21-14-9-19-20(10-14)12(3)4/h7-12,16H,5-6H2,1-4H3. The van der Waals surface area contributed by atoms with Crippen LogP contribution in [0, 0.1) is 5.92 Å². The van der Waals surface area contributed by atoms with Crippen LogP contribution in [0.4, 0.5) is 0 Å². The second kappa shape index (κ2) is 7.17. The molecule has 0 saturated heterocycles. The number of nitrogens with one attached hydrogen (secondary N) is 1. The molecule has 2 rings (SSSR count). The third kappa shape index (κ3) is 4.82. The van der Waals surface area contributed by atoms with Gasteiger partial charge in [-0.25, -0.2) is 9.97 Å². The molecule has 6 nitrogen and oxygen atoms in total. The van der Waals surface area contributed by atoms with Crippen molar-refractivity contribution in [3.05, 3.63) is 30.4 Å². The molecule has 2 aromatic heterocycles. The molecule has 2 aromatic rings. The fourth-order valence-corrected chi connectivity index (χ4v) is 1.75. The van der Waals surface area contributed by atoms with E-state index in [9.17, 15) is 0 Å². The van der Waals surface area contributed by atoms with Gasteiger partial charge in [-0.05, 0) is 26.3 Å². The van der Waals surface area contributed by atoms with Crippen LogP contribution in [0.15, 0.2) is 24.8 Å². The van der Waals surface area contributed by atoms with E-state index in [0.29, 0.717) is 23.7 Å². The Hall–Kier alpha value is -1.95. The molecule has 0 bridgehead atoms. The predicted molar refractivity (Wildman–Crippen MR) is 81.3 cm³/mol. The first-order chi connectivity index (χ1) is 10.0. The van der Waals surface area contributed by atoms with Gasteiger partial charge in [-0.15, -0.1) is 0 Å². The largest absolute Gasteiger partial charge is 0.421 e. The molecule has 0 amide bonds. The van der Waals surface area contributed by atoms with E-state index in [4.69, 9.17) is 4.74 Å². The Bertz CT molecular complexity index is 547. The zero-order valence-corrected chi connectivity index (χ0v) is 13.1. The minimum absolute atomic E-state index is 0.303. The quantitative estimate of drug-likeness (QED) is 0.849. The summed E-state index contributed by atoms with van der Waals surface area (Å²) in [6.07, 6.45) is 7.07. The summed E-state index contributed by atoms with van der Waals surface area (Å²) in [5.74, 6) is 1.28. The molecule has 0 fully saturated rings. The first-order valence-electron chi connectivity index (χ1n) is 7.28. The highest BCUT2D eigenvalue weighted by Crippen LogP contribution is 2.18. The Labute approximate surface area is 125 Å². The summed E-state index contributed by atoms with van der Waals surface area (Å²) in [6, 6.07) is 0.642. The molecule has 0 saturated carbocycles. The predicted octanol–water partition coefficient (Wildman–Crippen LogP) is 2.79. The van der Waals surface area contributed by atoms with Crippen molar-refractivity contribution in [1.29, 1.82) is 0 Å². The summed E-state index contributed by atoms with van der Waals surface area (Å²) in [5, 5.41) is 7.56. The number of ether oxygens (including phenoxy) is 1. The van der Waals surface area contributed by atoms with Crippen molar-refractivity contribution < 1.29 is 4.74 Å². The maximum atomic E-state index is 5.58. The molecule has 114 valence electrons. The highest BCUT2D eigenvalue weighted by molar-refractivity contribution is 5.18. The molecule has 21 heavy (non-hydrogen) atoms. The van der Waals surface area contributed by atoms with Crippen molar-refractivity contribution in [3.63, 3.8) is 0 Å². The van der Waals surface area contributed by atoms with E-state index >= 15 is 0 Å². The molecular weight excluding hydrogens is 266 g/mol. The molecule has 1 N–H and O–H groups in total. The third-order valence-electron chi connectivity index (χ3n) is 2.88. The Morgan fingerprint density at radius 1 is 1.14 bits per heavy atom. The van der Waals surface area contributed by atoms with E-state index in [1.54, 1.807) is 18.6 Å². The lowest BCUT2D eigenvalue weighted by Gasteiger charge is -2.07. The molecule has 2 heterocycles. The van der Waals surface area contributed by atoms with Crippen LogP contribution in [0.3, 0.4) is 0 Å². The molecule has 0 radical (unpaired) electrons. The van der Waals surface area contributed by atoms with Crippen LogP contribution >= 0.6 is 0 Å². The van der Waals surface area contributed by atoms with Gasteiger partial charge in [0.2, 0.25) is 0 Å². The van der Waals surface area contributed by atoms with Crippen LogP contribution < -0.4 is 10.1 Å². The van der Waals surface area contributed by atoms with Gasteiger partial charge in [0.15, 0.2) is 5.75 Å². The third-order valence-corrected chi connectivity index (χ3v) is 2.88. The van der Waals surface area contributed by atoms with Gasteiger partial charge in [0.05, 0.1) is 12.4 Å². The van der Waals surface area contributed by atoms with E-state index < -0.39 is 0 Å². The van der Waals surface area contributed by atoms with Crippen LogP contribution in [0.2, 0.25) is 0 Å². The van der Waals surface area contributed by atoms with Crippen molar-refractivity contribution in [1.82, 2.24) is 25.1 Å². The van der Waals surface area contributed by atoms with Gasteiger partial charge in [0.1, 0.15) is 0 Å². The van der Waals surface area contributed by atoms with E-state index in [1.807, 2.05) is 10.9 Å². The lowest BCUT2D eigenvalue weighted by Crippen LogP contribution is -2.19. The van der Waals surface area contributed by atoms with E-state index in [0.717, 1.165) is 18.7 Å². The maximum Gasteiger partial charge on any atom is 0.321 e. The average molecular weight is 289 g/mol. The summed E-state index contributed by atoms with van der Waals surface area (Å²) in [5.41, 5.74) is 1.04. The van der Waals surface area contributed by atoms with Gasteiger partial charge in [0.25, 0.3) is 0 Å². The van der Waals surface area contributed by atoms with Crippen molar-refractivity contribution in [3.8, 4) is 11.8 Å². The second-order valence-electron chi connectivity index (χ2n) is 5.75. The molecule has 0 aliphatic rings. The zero-order valence-electron chi connectivity index (χ0n) is 13.1. The molecular formula is C15H23N5O. The number of aromatic nitrogens is 4. The number of nitrogens with zero attached hydrogens (tertiary/aromatic N) is 4. The van der Waals surface area contributed by atoms with Gasteiger partial charge < -0.3 is 10.1 Å². The van der Waals surface area contributed by atoms with Gasteiger partial charge in [-0.1, -0.05) is 13.8 Å². The lowest BCUT2D eigenvalue weighted by atomic mass is 10.2. The van der Waals surface area contributed by atoms with E-state index in [-0.39, 0.29) is 0 Å². The van der Waals surface area contributed by atoms with Crippen LogP contribution in [0.5, 0.6) is 11.8 Å². The molecule has 0 aliphatic heterocycles. The zero-order chi connectivity index (χ0) is 15.2.